The summed E-state index contributed by atoms with van der Waals surface area (Å²) in [5.41, 5.74) is 10.5. The number of nitrogens with one attached hydrogen (secondary N) is 1. The first-order valence-electron chi connectivity index (χ1n) is 12.7. The molecule has 0 amide bonds. The van der Waals surface area contributed by atoms with Crippen LogP contribution >= 0.6 is 0 Å². The van der Waals surface area contributed by atoms with Gasteiger partial charge in [0.15, 0.2) is 0 Å². The fourth-order valence-electron chi connectivity index (χ4n) is 6.70. The maximum Gasteiger partial charge on any atom is 0.0551 e. The van der Waals surface area contributed by atoms with Crippen molar-refractivity contribution in [2.75, 3.05) is 0 Å². The van der Waals surface area contributed by atoms with E-state index < -0.39 is 0 Å². The number of rotatable bonds is 1. The topological polar surface area (TPSA) is 15.8 Å². The molecule has 0 spiro atoms. The molecule has 7 aromatic rings. The maximum atomic E-state index is 3.88. The number of para-hydroxylation sites is 1. The number of hydrogen-bond acceptors (Lipinski definition) is 0. The predicted octanol–water partition coefficient (Wildman–Crippen LogP) is 9.60. The Morgan fingerprint density at radius 1 is 0.472 bits per heavy atom. The number of fused-ring (bicyclic) bond motifs is 11. The van der Waals surface area contributed by atoms with Gasteiger partial charge in [-0.2, -0.15) is 0 Å². The number of aromatic amines is 1. The lowest BCUT2D eigenvalue weighted by Gasteiger charge is -2.21. The van der Waals surface area contributed by atoms with Crippen LogP contribution in [0, 0.1) is 0 Å². The van der Waals surface area contributed by atoms with E-state index in [2.05, 4.69) is 128 Å². The summed E-state index contributed by atoms with van der Waals surface area (Å²) in [5.74, 6) is 0. The zero-order chi connectivity index (χ0) is 24.0. The molecule has 1 nitrogen and oxygen atoms in total. The third kappa shape index (κ3) is 2.45. The lowest BCUT2D eigenvalue weighted by atomic mass is 9.82. The zero-order valence-electron chi connectivity index (χ0n) is 20.4. The van der Waals surface area contributed by atoms with Gasteiger partial charge in [0.2, 0.25) is 0 Å². The molecule has 170 valence electrons. The van der Waals surface area contributed by atoms with E-state index in [1.165, 1.54) is 76.7 Å². The Kier molecular flexibility index (Phi) is 3.79. The predicted molar refractivity (Wildman–Crippen MR) is 154 cm³/mol. The number of aromatic nitrogens is 1. The van der Waals surface area contributed by atoms with Gasteiger partial charge in [0, 0.05) is 27.1 Å². The molecule has 0 aliphatic heterocycles. The first-order chi connectivity index (χ1) is 17.6. The SMILES string of the molecule is CC1(C)c2ccccc2-c2cc(-c3cccc4c3[nH]c3c5ccccc5c5ccccc5c43)ccc21. The summed E-state index contributed by atoms with van der Waals surface area (Å²) in [6, 6.07) is 40.2. The van der Waals surface area contributed by atoms with E-state index in [0.29, 0.717) is 0 Å². The van der Waals surface area contributed by atoms with Crippen molar-refractivity contribution in [3.05, 3.63) is 120 Å². The van der Waals surface area contributed by atoms with Crippen LogP contribution in [0.4, 0.5) is 0 Å². The van der Waals surface area contributed by atoms with Crippen LogP contribution in [0.5, 0.6) is 0 Å². The van der Waals surface area contributed by atoms with Crippen molar-refractivity contribution in [2.24, 2.45) is 0 Å². The lowest BCUT2D eigenvalue weighted by molar-refractivity contribution is 0.660. The summed E-state index contributed by atoms with van der Waals surface area (Å²) >= 11 is 0. The molecule has 1 aromatic heterocycles. The molecule has 8 rings (SSSR count). The third-order valence-electron chi connectivity index (χ3n) is 8.41. The average molecular weight is 460 g/mol. The van der Waals surface area contributed by atoms with Crippen molar-refractivity contribution < 1.29 is 0 Å². The first kappa shape index (κ1) is 19.9. The quantitative estimate of drug-likeness (QED) is 0.235. The standard InChI is InChI=1S/C35H25N/c1-35(2)30-17-8-7-12-25(30)29-20-21(18-19-31(29)35)22-15-9-16-28-32-26-13-5-3-10-23(26)24-11-4-6-14-27(24)34(32)36-33(22)28/h3-20,36H,1-2H3. The number of benzene rings is 6. The van der Waals surface area contributed by atoms with E-state index in [4.69, 9.17) is 0 Å². The van der Waals surface area contributed by atoms with Crippen molar-refractivity contribution in [3.8, 4) is 22.3 Å². The second-order valence-electron chi connectivity index (χ2n) is 10.6. The molecule has 6 aromatic carbocycles. The van der Waals surface area contributed by atoms with Gasteiger partial charge in [0.25, 0.3) is 0 Å². The second kappa shape index (κ2) is 6.86. The minimum atomic E-state index is 0.0232. The van der Waals surface area contributed by atoms with Crippen LogP contribution in [0.3, 0.4) is 0 Å². The third-order valence-corrected chi connectivity index (χ3v) is 8.41. The van der Waals surface area contributed by atoms with E-state index in [1.54, 1.807) is 0 Å². The van der Waals surface area contributed by atoms with Crippen LogP contribution in [-0.4, -0.2) is 4.98 Å². The highest BCUT2D eigenvalue weighted by Gasteiger charge is 2.35. The largest absolute Gasteiger partial charge is 0.353 e. The van der Waals surface area contributed by atoms with Crippen LogP contribution in [0.15, 0.2) is 109 Å². The molecule has 0 saturated heterocycles. The summed E-state index contributed by atoms with van der Waals surface area (Å²) < 4.78 is 0. The molecule has 0 fully saturated rings. The molecule has 0 radical (unpaired) electrons. The van der Waals surface area contributed by atoms with E-state index in [0.717, 1.165) is 0 Å². The Hall–Kier alpha value is -4.36. The Balaban J connectivity index is 1.46. The van der Waals surface area contributed by atoms with Crippen LogP contribution in [0.1, 0.15) is 25.0 Å². The highest BCUT2D eigenvalue weighted by Crippen LogP contribution is 2.50. The summed E-state index contributed by atoms with van der Waals surface area (Å²) in [7, 11) is 0. The second-order valence-corrected chi connectivity index (χ2v) is 10.6. The molecule has 1 aliphatic rings. The van der Waals surface area contributed by atoms with Crippen LogP contribution in [0.2, 0.25) is 0 Å². The highest BCUT2D eigenvalue weighted by atomic mass is 14.7. The molecule has 0 saturated carbocycles. The van der Waals surface area contributed by atoms with Crippen molar-refractivity contribution in [1.82, 2.24) is 4.98 Å². The van der Waals surface area contributed by atoms with Gasteiger partial charge >= 0.3 is 0 Å². The van der Waals surface area contributed by atoms with E-state index in [1.807, 2.05) is 0 Å². The minimum Gasteiger partial charge on any atom is -0.353 e. The molecule has 36 heavy (non-hydrogen) atoms. The summed E-state index contributed by atoms with van der Waals surface area (Å²) in [6.07, 6.45) is 0. The monoisotopic (exact) mass is 459 g/mol. The minimum absolute atomic E-state index is 0.0232. The number of H-pyrrole nitrogens is 1. The van der Waals surface area contributed by atoms with Crippen molar-refractivity contribution in [3.63, 3.8) is 0 Å². The van der Waals surface area contributed by atoms with Crippen molar-refractivity contribution in [1.29, 1.82) is 0 Å². The molecule has 1 heteroatoms. The lowest BCUT2D eigenvalue weighted by Crippen LogP contribution is -2.14. The Morgan fingerprint density at radius 3 is 1.92 bits per heavy atom. The molecule has 0 unspecified atom stereocenters. The van der Waals surface area contributed by atoms with Gasteiger partial charge in [-0.3, -0.25) is 0 Å². The molecule has 1 heterocycles. The average Bonchev–Trinajstić information content (AvgIpc) is 3.43. The molecule has 1 N–H and O–H groups in total. The van der Waals surface area contributed by atoms with Crippen LogP contribution < -0.4 is 0 Å². The smallest absolute Gasteiger partial charge is 0.0551 e. The van der Waals surface area contributed by atoms with Gasteiger partial charge in [0.1, 0.15) is 0 Å². The fraction of sp³-hybridized carbons (Fsp3) is 0.0857. The fourth-order valence-corrected chi connectivity index (χ4v) is 6.70. The molecular formula is C35H25N. The van der Waals surface area contributed by atoms with E-state index in [9.17, 15) is 0 Å². The maximum absolute atomic E-state index is 3.88. The Bertz CT molecular complexity index is 2020. The Morgan fingerprint density at radius 2 is 1.08 bits per heavy atom. The van der Waals surface area contributed by atoms with Gasteiger partial charge in [0.05, 0.1) is 11.0 Å². The normalized spacial score (nSPS) is 14.1. The molecular weight excluding hydrogens is 434 g/mol. The first-order valence-corrected chi connectivity index (χ1v) is 12.7. The highest BCUT2D eigenvalue weighted by molar-refractivity contribution is 6.32. The zero-order valence-corrected chi connectivity index (χ0v) is 20.4. The van der Waals surface area contributed by atoms with Crippen LogP contribution in [0.25, 0.3) is 65.6 Å². The summed E-state index contributed by atoms with van der Waals surface area (Å²) in [4.78, 5) is 3.88. The van der Waals surface area contributed by atoms with Gasteiger partial charge in [-0.25, -0.2) is 0 Å². The number of hydrogen-bond donors (Lipinski definition) is 1. The summed E-state index contributed by atoms with van der Waals surface area (Å²) in [6.45, 7) is 4.68. The molecule has 0 bridgehead atoms. The van der Waals surface area contributed by atoms with E-state index >= 15 is 0 Å². The van der Waals surface area contributed by atoms with Gasteiger partial charge in [-0.15, -0.1) is 0 Å². The van der Waals surface area contributed by atoms with Gasteiger partial charge in [-0.1, -0.05) is 117 Å². The Labute approximate surface area is 210 Å². The molecule has 0 atom stereocenters. The van der Waals surface area contributed by atoms with Gasteiger partial charge in [-0.05, 0) is 50.0 Å². The van der Waals surface area contributed by atoms with Crippen molar-refractivity contribution in [2.45, 2.75) is 19.3 Å². The van der Waals surface area contributed by atoms with Crippen LogP contribution in [-0.2, 0) is 5.41 Å². The van der Waals surface area contributed by atoms with Gasteiger partial charge < -0.3 is 4.98 Å². The molecule has 1 aliphatic carbocycles. The summed E-state index contributed by atoms with van der Waals surface area (Å²) in [5, 5.41) is 7.78. The van der Waals surface area contributed by atoms with E-state index in [-0.39, 0.29) is 5.41 Å². The van der Waals surface area contributed by atoms with Crippen molar-refractivity contribution >= 4 is 43.4 Å².